The number of nitrogens with two attached hydrogens (primary N) is 1. The van der Waals surface area contributed by atoms with E-state index in [0.717, 1.165) is 32.6 Å². The van der Waals surface area contributed by atoms with Gasteiger partial charge < -0.3 is 5.73 Å². The van der Waals surface area contributed by atoms with E-state index >= 15 is 0 Å². The van der Waals surface area contributed by atoms with Crippen LogP contribution in [0.2, 0.25) is 0 Å². The van der Waals surface area contributed by atoms with E-state index in [-0.39, 0.29) is 0 Å². The quantitative estimate of drug-likeness (QED) is 0.895. The lowest BCUT2D eigenvalue weighted by atomic mass is 10.0. The normalized spacial score (nSPS) is 22.9. The Morgan fingerprint density at radius 1 is 1.20 bits per heavy atom. The van der Waals surface area contributed by atoms with Crippen molar-refractivity contribution in [2.75, 3.05) is 32.7 Å². The average Bonchev–Trinajstić information content (AvgIpc) is 2.49. The van der Waals surface area contributed by atoms with Crippen molar-refractivity contribution in [3.63, 3.8) is 0 Å². The van der Waals surface area contributed by atoms with E-state index in [1.54, 1.807) is 0 Å². The van der Waals surface area contributed by atoms with Gasteiger partial charge in [0.05, 0.1) is 0 Å². The molecule has 3 heteroatoms. The second-order valence-corrected chi connectivity index (χ2v) is 5.82. The maximum absolute atomic E-state index is 6.06. The summed E-state index contributed by atoms with van der Waals surface area (Å²) in [5, 5.41) is 0. The molecule has 0 amide bonds. The number of hydrogen-bond donors (Lipinski definition) is 1. The van der Waals surface area contributed by atoms with Crippen LogP contribution < -0.4 is 5.73 Å². The molecule has 0 bridgehead atoms. The molecule has 2 unspecified atom stereocenters. The van der Waals surface area contributed by atoms with Crippen molar-refractivity contribution in [1.82, 2.24) is 9.80 Å². The number of nitrogens with zero attached hydrogens (tertiary/aromatic N) is 2. The summed E-state index contributed by atoms with van der Waals surface area (Å²) in [5.41, 5.74) is 8.82. The summed E-state index contributed by atoms with van der Waals surface area (Å²) in [6.07, 6.45) is 1.10. The molecule has 1 aromatic rings. The van der Waals surface area contributed by atoms with Crippen LogP contribution in [0.15, 0.2) is 24.3 Å². The summed E-state index contributed by atoms with van der Waals surface area (Å²) in [7, 11) is 0. The van der Waals surface area contributed by atoms with Crippen molar-refractivity contribution < 1.29 is 0 Å². The minimum atomic E-state index is 0.363. The Bertz CT molecular complexity index is 401. The zero-order chi connectivity index (χ0) is 14.5. The zero-order valence-electron chi connectivity index (χ0n) is 13.2. The van der Waals surface area contributed by atoms with Gasteiger partial charge in [-0.1, -0.05) is 38.1 Å². The molecule has 0 aromatic heterocycles. The molecule has 2 N–H and O–H groups in total. The standard InChI is InChI=1S/C17H29N3/c1-4-15-6-8-16(9-7-15)17(12-18)20-11-10-19(5-2)14(3)13-20/h6-9,14,17H,4-5,10-13,18H2,1-3H3. The molecule has 1 saturated heterocycles. The molecular formula is C17H29N3. The molecule has 1 aliphatic heterocycles. The Morgan fingerprint density at radius 3 is 2.40 bits per heavy atom. The summed E-state index contributed by atoms with van der Waals surface area (Å²) >= 11 is 0. The van der Waals surface area contributed by atoms with Gasteiger partial charge in [-0.15, -0.1) is 0 Å². The lowest BCUT2D eigenvalue weighted by Crippen LogP contribution is -2.53. The molecule has 1 fully saturated rings. The van der Waals surface area contributed by atoms with Crippen molar-refractivity contribution in [3.8, 4) is 0 Å². The van der Waals surface area contributed by atoms with Crippen molar-refractivity contribution in [2.24, 2.45) is 5.73 Å². The molecule has 112 valence electrons. The molecule has 2 atom stereocenters. The molecule has 1 aliphatic rings. The van der Waals surface area contributed by atoms with E-state index in [4.69, 9.17) is 5.73 Å². The lowest BCUT2D eigenvalue weighted by Gasteiger charge is -2.42. The average molecular weight is 275 g/mol. The van der Waals surface area contributed by atoms with Gasteiger partial charge in [-0.3, -0.25) is 9.80 Å². The van der Waals surface area contributed by atoms with Crippen LogP contribution in [0.5, 0.6) is 0 Å². The first-order valence-corrected chi connectivity index (χ1v) is 7.96. The van der Waals surface area contributed by atoms with E-state index in [0.29, 0.717) is 18.6 Å². The van der Waals surface area contributed by atoms with Crippen LogP contribution in [0.3, 0.4) is 0 Å². The molecule has 1 heterocycles. The van der Waals surface area contributed by atoms with E-state index in [9.17, 15) is 0 Å². The first-order chi connectivity index (χ1) is 9.69. The van der Waals surface area contributed by atoms with E-state index in [2.05, 4.69) is 54.8 Å². The summed E-state index contributed by atoms with van der Waals surface area (Å²) < 4.78 is 0. The molecule has 0 radical (unpaired) electrons. The number of hydrogen-bond acceptors (Lipinski definition) is 3. The van der Waals surface area contributed by atoms with Crippen LogP contribution >= 0.6 is 0 Å². The molecule has 0 saturated carbocycles. The minimum absolute atomic E-state index is 0.363. The maximum atomic E-state index is 6.06. The van der Waals surface area contributed by atoms with Gasteiger partial charge in [0.2, 0.25) is 0 Å². The maximum Gasteiger partial charge on any atom is 0.0471 e. The third-order valence-corrected chi connectivity index (χ3v) is 4.64. The highest BCUT2D eigenvalue weighted by molar-refractivity contribution is 5.25. The highest BCUT2D eigenvalue weighted by Gasteiger charge is 2.27. The number of piperazine rings is 1. The highest BCUT2D eigenvalue weighted by atomic mass is 15.3. The summed E-state index contributed by atoms with van der Waals surface area (Å²) in [6.45, 7) is 12.0. The zero-order valence-corrected chi connectivity index (χ0v) is 13.2. The van der Waals surface area contributed by atoms with Crippen LogP contribution in [0.4, 0.5) is 0 Å². The van der Waals surface area contributed by atoms with Crippen LogP contribution in [-0.2, 0) is 6.42 Å². The topological polar surface area (TPSA) is 32.5 Å². The largest absolute Gasteiger partial charge is 0.329 e. The number of rotatable bonds is 5. The SMILES string of the molecule is CCc1ccc(C(CN)N2CCN(CC)C(C)C2)cc1. The van der Waals surface area contributed by atoms with Crippen molar-refractivity contribution >= 4 is 0 Å². The molecule has 0 aliphatic carbocycles. The fraction of sp³-hybridized carbons (Fsp3) is 0.647. The Kier molecular flexibility index (Phi) is 5.58. The van der Waals surface area contributed by atoms with Gasteiger partial charge in [-0.05, 0) is 31.0 Å². The van der Waals surface area contributed by atoms with E-state index < -0.39 is 0 Å². The fourth-order valence-electron chi connectivity index (χ4n) is 3.25. The summed E-state index contributed by atoms with van der Waals surface area (Å²) in [4.78, 5) is 5.10. The lowest BCUT2D eigenvalue weighted by molar-refractivity contribution is 0.0606. The van der Waals surface area contributed by atoms with Gasteiger partial charge in [0.15, 0.2) is 0 Å². The third-order valence-electron chi connectivity index (χ3n) is 4.64. The third kappa shape index (κ3) is 3.40. The van der Waals surface area contributed by atoms with E-state index in [1.165, 1.54) is 11.1 Å². The second kappa shape index (κ2) is 7.21. The first kappa shape index (κ1) is 15.5. The molecule has 3 nitrogen and oxygen atoms in total. The smallest absolute Gasteiger partial charge is 0.0471 e. The molecule has 2 rings (SSSR count). The Balaban J connectivity index is 2.07. The number of benzene rings is 1. The molecule has 20 heavy (non-hydrogen) atoms. The predicted octanol–water partition coefficient (Wildman–Crippen LogP) is 2.27. The monoisotopic (exact) mass is 275 g/mol. The number of aryl methyl sites for hydroxylation is 1. The second-order valence-electron chi connectivity index (χ2n) is 5.82. The van der Waals surface area contributed by atoms with Crippen LogP contribution in [0, 0.1) is 0 Å². The van der Waals surface area contributed by atoms with Gasteiger partial charge in [0, 0.05) is 38.3 Å². The van der Waals surface area contributed by atoms with Gasteiger partial charge in [0.1, 0.15) is 0 Å². The van der Waals surface area contributed by atoms with Gasteiger partial charge in [-0.25, -0.2) is 0 Å². The van der Waals surface area contributed by atoms with Gasteiger partial charge in [-0.2, -0.15) is 0 Å². The molecular weight excluding hydrogens is 246 g/mol. The van der Waals surface area contributed by atoms with Crippen molar-refractivity contribution in [1.29, 1.82) is 0 Å². The van der Waals surface area contributed by atoms with Crippen LogP contribution in [-0.4, -0.2) is 48.6 Å². The van der Waals surface area contributed by atoms with Crippen molar-refractivity contribution in [3.05, 3.63) is 35.4 Å². The Labute approximate surface area is 123 Å². The van der Waals surface area contributed by atoms with Crippen molar-refractivity contribution in [2.45, 2.75) is 39.3 Å². The summed E-state index contributed by atoms with van der Waals surface area (Å²) in [5.74, 6) is 0. The van der Waals surface area contributed by atoms with Gasteiger partial charge >= 0.3 is 0 Å². The number of likely N-dealkylation sites (N-methyl/N-ethyl adjacent to an activating group) is 1. The predicted molar refractivity (Wildman–Crippen MR) is 85.9 cm³/mol. The first-order valence-electron chi connectivity index (χ1n) is 7.96. The van der Waals surface area contributed by atoms with Crippen LogP contribution in [0.1, 0.15) is 37.9 Å². The Hall–Kier alpha value is -0.900. The molecule has 1 aromatic carbocycles. The minimum Gasteiger partial charge on any atom is -0.329 e. The van der Waals surface area contributed by atoms with Crippen LogP contribution in [0.25, 0.3) is 0 Å². The van der Waals surface area contributed by atoms with E-state index in [1.807, 2.05) is 0 Å². The molecule has 0 spiro atoms. The Morgan fingerprint density at radius 2 is 1.90 bits per heavy atom. The fourth-order valence-corrected chi connectivity index (χ4v) is 3.25. The van der Waals surface area contributed by atoms with Gasteiger partial charge in [0.25, 0.3) is 0 Å². The highest BCUT2D eigenvalue weighted by Crippen LogP contribution is 2.23. The summed E-state index contributed by atoms with van der Waals surface area (Å²) in [6, 6.07) is 9.98.